The summed E-state index contributed by atoms with van der Waals surface area (Å²) in [6.45, 7) is 4.22. The zero-order valence-electron chi connectivity index (χ0n) is 14.4. The molecular formula is C19H20N2O3S. The molecule has 0 unspecified atom stereocenters. The van der Waals surface area contributed by atoms with Crippen molar-refractivity contribution < 1.29 is 9.90 Å². The van der Waals surface area contributed by atoms with Crippen LogP contribution >= 0.6 is 11.3 Å². The first-order valence-corrected chi connectivity index (χ1v) is 9.08. The Kier molecular flexibility index (Phi) is 4.63. The van der Waals surface area contributed by atoms with E-state index >= 15 is 0 Å². The molecule has 0 bridgehead atoms. The van der Waals surface area contributed by atoms with E-state index in [1.807, 2.05) is 49.6 Å². The van der Waals surface area contributed by atoms with Crippen LogP contribution in [0, 0.1) is 0 Å². The summed E-state index contributed by atoms with van der Waals surface area (Å²) < 4.78 is 1.45. The number of fused-ring (bicyclic) bond motifs is 1. The molecule has 0 atom stereocenters. The molecule has 0 spiro atoms. The van der Waals surface area contributed by atoms with Gasteiger partial charge in [-0.1, -0.05) is 25.1 Å². The van der Waals surface area contributed by atoms with Crippen LogP contribution in [0.25, 0.3) is 10.2 Å². The fourth-order valence-corrected chi connectivity index (χ4v) is 4.13. The van der Waals surface area contributed by atoms with Gasteiger partial charge in [0.1, 0.15) is 16.1 Å². The second-order valence-corrected chi connectivity index (χ2v) is 6.63. The Labute approximate surface area is 149 Å². The van der Waals surface area contributed by atoms with Crippen LogP contribution in [-0.4, -0.2) is 22.1 Å². The number of nitrogens with zero attached hydrogens (tertiary/aromatic N) is 2. The van der Waals surface area contributed by atoms with Gasteiger partial charge in [0, 0.05) is 19.3 Å². The third-order valence-corrected chi connectivity index (χ3v) is 5.47. The van der Waals surface area contributed by atoms with Crippen LogP contribution in [0.15, 0.2) is 40.5 Å². The molecule has 0 saturated carbocycles. The van der Waals surface area contributed by atoms with Gasteiger partial charge in [-0.2, -0.15) is 0 Å². The minimum absolute atomic E-state index is 0.172. The van der Waals surface area contributed by atoms with E-state index in [4.69, 9.17) is 0 Å². The lowest BCUT2D eigenvalue weighted by Gasteiger charge is -2.21. The predicted octanol–water partition coefficient (Wildman–Crippen LogP) is 3.53. The minimum Gasteiger partial charge on any atom is -0.506 e. The Hall–Kier alpha value is -2.60. The molecule has 1 N–H and O–H groups in total. The highest BCUT2D eigenvalue weighted by Crippen LogP contribution is 2.35. The smallest absolute Gasteiger partial charge is 0.268 e. The summed E-state index contributed by atoms with van der Waals surface area (Å²) in [5, 5.41) is 13.3. The Bertz CT molecular complexity index is 989. The number of benzene rings is 1. The Balaban J connectivity index is 2.24. The summed E-state index contributed by atoms with van der Waals surface area (Å²) in [5.41, 5.74) is 0.977. The monoisotopic (exact) mass is 356 g/mol. The molecular weight excluding hydrogens is 336 g/mol. The lowest BCUT2D eigenvalue weighted by Crippen LogP contribution is -2.36. The first-order chi connectivity index (χ1) is 12.0. The van der Waals surface area contributed by atoms with Crippen LogP contribution < -0.4 is 10.5 Å². The molecule has 0 aliphatic rings. The highest BCUT2D eigenvalue weighted by atomic mass is 32.1. The fraction of sp³-hybridized carbons (Fsp3) is 0.263. The second-order valence-electron chi connectivity index (χ2n) is 5.77. The van der Waals surface area contributed by atoms with Crippen LogP contribution in [0.3, 0.4) is 0 Å². The molecule has 3 aromatic rings. The number of aromatic hydroxyl groups is 1. The second kappa shape index (κ2) is 6.72. The number of anilines is 1. The minimum atomic E-state index is -0.484. The topological polar surface area (TPSA) is 62.5 Å². The average molecular weight is 356 g/mol. The van der Waals surface area contributed by atoms with Gasteiger partial charge in [0.25, 0.3) is 11.5 Å². The molecule has 1 aromatic carbocycles. The summed E-state index contributed by atoms with van der Waals surface area (Å²) in [5.74, 6) is -0.697. The van der Waals surface area contributed by atoms with E-state index in [0.717, 1.165) is 12.0 Å². The van der Waals surface area contributed by atoms with Crippen molar-refractivity contribution in [3.63, 3.8) is 0 Å². The van der Waals surface area contributed by atoms with Gasteiger partial charge in [0.2, 0.25) is 0 Å². The zero-order chi connectivity index (χ0) is 18.1. The largest absolute Gasteiger partial charge is 0.506 e. The number of para-hydroxylation sites is 1. The molecule has 0 aliphatic heterocycles. The highest BCUT2D eigenvalue weighted by Gasteiger charge is 2.27. The number of hydrogen-bond acceptors (Lipinski definition) is 4. The van der Waals surface area contributed by atoms with E-state index in [1.54, 1.807) is 7.05 Å². The summed E-state index contributed by atoms with van der Waals surface area (Å²) >= 11 is 1.40. The fourth-order valence-electron chi connectivity index (χ4n) is 3.01. The van der Waals surface area contributed by atoms with Crippen LogP contribution in [0.1, 0.15) is 29.8 Å². The lowest BCUT2D eigenvalue weighted by molar-refractivity contribution is 0.0984. The van der Waals surface area contributed by atoms with Gasteiger partial charge in [-0.05, 0) is 36.4 Å². The molecule has 0 fully saturated rings. The number of carbonyl (C=O) groups excluding carboxylic acids is 1. The van der Waals surface area contributed by atoms with Crippen molar-refractivity contribution in [1.29, 1.82) is 0 Å². The van der Waals surface area contributed by atoms with Crippen molar-refractivity contribution in [3.05, 3.63) is 57.2 Å². The molecule has 0 aliphatic carbocycles. The van der Waals surface area contributed by atoms with Crippen molar-refractivity contribution in [2.45, 2.75) is 20.3 Å². The molecule has 6 heteroatoms. The first kappa shape index (κ1) is 17.2. The number of pyridine rings is 1. The van der Waals surface area contributed by atoms with E-state index in [0.29, 0.717) is 22.4 Å². The van der Waals surface area contributed by atoms with Crippen molar-refractivity contribution in [3.8, 4) is 5.75 Å². The summed E-state index contributed by atoms with van der Waals surface area (Å²) in [6, 6.07) is 9.15. The first-order valence-electron chi connectivity index (χ1n) is 8.20. The number of rotatable bonds is 4. The number of carbonyl (C=O) groups is 1. The molecule has 5 nitrogen and oxygen atoms in total. The molecule has 2 heterocycles. The van der Waals surface area contributed by atoms with Crippen molar-refractivity contribution in [2.75, 3.05) is 11.4 Å². The van der Waals surface area contributed by atoms with Crippen LogP contribution in [0.4, 0.5) is 5.69 Å². The van der Waals surface area contributed by atoms with Gasteiger partial charge in [-0.3, -0.25) is 9.59 Å². The summed E-state index contributed by atoms with van der Waals surface area (Å²) in [7, 11) is 1.63. The molecule has 1 amide bonds. The zero-order valence-corrected chi connectivity index (χ0v) is 15.3. The Morgan fingerprint density at radius 1 is 1.24 bits per heavy atom. The predicted molar refractivity (Wildman–Crippen MR) is 102 cm³/mol. The van der Waals surface area contributed by atoms with Gasteiger partial charge in [-0.25, -0.2) is 0 Å². The van der Waals surface area contributed by atoms with E-state index in [2.05, 4.69) is 0 Å². The van der Waals surface area contributed by atoms with Crippen LogP contribution in [-0.2, 0) is 13.5 Å². The number of aryl methyl sites for hydroxylation is 2. The van der Waals surface area contributed by atoms with Gasteiger partial charge < -0.3 is 14.6 Å². The highest BCUT2D eigenvalue weighted by molar-refractivity contribution is 7.17. The Morgan fingerprint density at radius 3 is 2.52 bits per heavy atom. The van der Waals surface area contributed by atoms with E-state index in [-0.39, 0.29) is 11.3 Å². The Morgan fingerprint density at radius 2 is 1.92 bits per heavy atom. The molecule has 130 valence electrons. The number of thiophene rings is 1. The van der Waals surface area contributed by atoms with Gasteiger partial charge >= 0.3 is 0 Å². The van der Waals surface area contributed by atoms with Gasteiger partial charge in [0.15, 0.2) is 0 Å². The van der Waals surface area contributed by atoms with Gasteiger partial charge in [0.05, 0.1) is 5.39 Å². The van der Waals surface area contributed by atoms with Gasteiger partial charge in [-0.15, -0.1) is 11.3 Å². The van der Waals surface area contributed by atoms with E-state index in [1.165, 1.54) is 20.8 Å². The molecule has 0 saturated heterocycles. The number of amides is 1. The third-order valence-electron chi connectivity index (χ3n) is 4.37. The quantitative estimate of drug-likeness (QED) is 0.778. The normalized spacial score (nSPS) is 11.0. The third kappa shape index (κ3) is 2.72. The molecule has 25 heavy (non-hydrogen) atoms. The van der Waals surface area contributed by atoms with Crippen molar-refractivity contribution in [2.24, 2.45) is 7.05 Å². The maximum atomic E-state index is 13.1. The molecule has 2 aromatic heterocycles. The standard InChI is InChI=1S/C19H20N2O3S/c1-4-12-11-25-19-14(12)16(22)15(17(23)20(19)3)18(24)21(5-2)13-9-7-6-8-10-13/h6-11,22H,4-5H2,1-3H3. The molecule has 3 rings (SSSR count). The maximum absolute atomic E-state index is 13.1. The van der Waals surface area contributed by atoms with E-state index < -0.39 is 11.5 Å². The summed E-state index contributed by atoms with van der Waals surface area (Å²) in [4.78, 5) is 28.0. The van der Waals surface area contributed by atoms with E-state index in [9.17, 15) is 14.7 Å². The van der Waals surface area contributed by atoms with Crippen molar-refractivity contribution >= 4 is 33.1 Å². The van der Waals surface area contributed by atoms with Crippen LogP contribution in [0.5, 0.6) is 5.75 Å². The average Bonchev–Trinajstić information content (AvgIpc) is 3.06. The van der Waals surface area contributed by atoms with Crippen molar-refractivity contribution in [1.82, 2.24) is 4.57 Å². The molecule has 0 radical (unpaired) electrons. The summed E-state index contributed by atoms with van der Waals surface area (Å²) in [6.07, 6.45) is 0.718. The lowest BCUT2D eigenvalue weighted by atomic mass is 10.1. The van der Waals surface area contributed by atoms with Crippen LogP contribution in [0.2, 0.25) is 0 Å². The number of hydrogen-bond donors (Lipinski definition) is 1. The number of aromatic nitrogens is 1. The SMILES string of the molecule is CCc1csc2c1c(O)c(C(=O)N(CC)c1ccccc1)c(=O)n2C. The maximum Gasteiger partial charge on any atom is 0.268 e.